The molecular formula is C33H32Cl2N4O3. The summed E-state index contributed by atoms with van der Waals surface area (Å²) in [5.74, 6) is -0.959. The van der Waals surface area contributed by atoms with Crippen molar-refractivity contribution in [2.45, 2.75) is 45.2 Å². The van der Waals surface area contributed by atoms with Crippen LogP contribution in [-0.4, -0.2) is 44.9 Å². The number of carboxylic acids is 1. The van der Waals surface area contributed by atoms with Crippen LogP contribution in [0.25, 0.3) is 0 Å². The molecule has 0 spiro atoms. The second-order valence-corrected chi connectivity index (χ2v) is 11.4. The molecule has 0 aliphatic carbocycles. The zero-order valence-electron chi connectivity index (χ0n) is 23.3. The van der Waals surface area contributed by atoms with E-state index in [1.165, 1.54) is 10.5 Å². The zero-order chi connectivity index (χ0) is 29.6. The number of carbonyl (C=O) groups is 2. The number of hydrogen-bond acceptors (Lipinski definition) is 5. The molecule has 2 heterocycles. The van der Waals surface area contributed by atoms with Gasteiger partial charge in [-0.05, 0) is 79.1 Å². The van der Waals surface area contributed by atoms with Gasteiger partial charge >= 0.3 is 5.97 Å². The Morgan fingerprint density at radius 3 is 2.36 bits per heavy atom. The number of amides is 1. The second kappa shape index (κ2) is 13.4. The lowest BCUT2D eigenvalue weighted by Crippen LogP contribution is -2.36. The summed E-state index contributed by atoms with van der Waals surface area (Å²) in [5.41, 5.74) is 5.15. The van der Waals surface area contributed by atoms with Gasteiger partial charge in [0.25, 0.3) is 5.91 Å². The quantitative estimate of drug-likeness (QED) is 0.211. The van der Waals surface area contributed by atoms with Crippen molar-refractivity contribution in [3.05, 3.63) is 123 Å². The molecular weight excluding hydrogens is 571 g/mol. The minimum atomic E-state index is -1.10. The molecule has 4 aromatic rings. The van der Waals surface area contributed by atoms with Crippen LogP contribution in [0.3, 0.4) is 0 Å². The van der Waals surface area contributed by atoms with E-state index in [-0.39, 0.29) is 12.6 Å². The number of hydrogen-bond donors (Lipinski definition) is 1. The fourth-order valence-corrected chi connectivity index (χ4v) is 5.69. The number of rotatable bonds is 10. The van der Waals surface area contributed by atoms with E-state index in [1.54, 1.807) is 30.5 Å². The lowest BCUT2D eigenvalue weighted by Gasteiger charge is -2.27. The maximum Gasteiger partial charge on any atom is 0.323 e. The van der Waals surface area contributed by atoms with E-state index >= 15 is 0 Å². The molecule has 1 atom stereocenters. The van der Waals surface area contributed by atoms with Crippen LogP contribution in [-0.2, 0) is 24.2 Å². The van der Waals surface area contributed by atoms with E-state index in [2.05, 4.69) is 28.9 Å². The number of aromatic nitrogens is 2. The highest BCUT2D eigenvalue weighted by Gasteiger charge is 2.30. The molecule has 1 fully saturated rings. The van der Waals surface area contributed by atoms with E-state index in [0.29, 0.717) is 40.1 Å². The van der Waals surface area contributed by atoms with Gasteiger partial charge in [0.05, 0.1) is 17.3 Å². The van der Waals surface area contributed by atoms with Crippen LogP contribution in [0.5, 0.6) is 0 Å². The summed E-state index contributed by atoms with van der Waals surface area (Å²) in [6.45, 7) is 2.52. The molecule has 216 valence electrons. The highest BCUT2D eigenvalue weighted by Crippen LogP contribution is 2.35. The van der Waals surface area contributed by atoms with Crippen molar-refractivity contribution in [1.29, 1.82) is 0 Å². The minimum absolute atomic E-state index is 0.0986. The monoisotopic (exact) mass is 602 g/mol. The number of carboxylic acid groups (broad SMARTS) is 1. The highest BCUT2D eigenvalue weighted by molar-refractivity contribution is 6.30. The van der Waals surface area contributed by atoms with Crippen LogP contribution < -0.4 is 4.90 Å². The molecule has 0 unspecified atom stereocenters. The van der Waals surface area contributed by atoms with E-state index in [0.717, 1.165) is 36.1 Å². The first-order chi connectivity index (χ1) is 20.3. The Hall–Kier alpha value is -3.94. The Labute approximate surface area is 255 Å². The van der Waals surface area contributed by atoms with Gasteiger partial charge < -0.3 is 14.9 Å². The lowest BCUT2D eigenvalue weighted by atomic mass is 10.0. The lowest BCUT2D eigenvalue weighted by molar-refractivity contribution is -0.137. The molecule has 7 nitrogen and oxygen atoms in total. The Morgan fingerprint density at radius 2 is 1.67 bits per heavy atom. The van der Waals surface area contributed by atoms with Crippen LogP contribution in [0.1, 0.15) is 57.2 Å². The van der Waals surface area contributed by atoms with Gasteiger partial charge in [-0.2, -0.15) is 0 Å². The van der Waals surface area contributed by atoms with Crippen LogP contribution in [0.15, 0.2) is 79.0 Å². The number of aryl methyl sites for hydroxylation is 3. The number of benzene rings is 3. The minimum Gasteiger partial charge on any atom is -0.480 e. The second-order valence-electron chi connectivity index (χ2n) is 10.5. The molecule has 5 rings (SSSR count). The summed E-state index contributed by atoms with van der Waals surface area (Å²) < 4.78 is 0. The van der Waals surface area contributed by atoms with Crippen LogP contribution in [0, 0.1) is 6.92 Å². The predicted octanol–water partition coefficient (Wildman–Crippen LogP) is 6.95. The Bertz CT molecular complexity index is 1560. The number of aliphatic carboxylic acids is 1. The number of anilines is 1. The van der Waals surface area contributed by atoms with Gasteiger partial charge in [0.2, 0.25) is 5.95 Å². The molecule has 1 amide bonds. The summed E-state index contributed by atoms with van der Waals surface area (Å²) in [5, 5.41) is 10.9. The van der Waals surface area contributed by atoms with Crippen molar-refractivity contribution in [3.63, 3.8) is 0 Å². The molecule has 0 saturated carbocycles. The average molecular weight is 604 g/mol. The third kappa shape index (κ3) is 7.09. The van der Waals surface area contributed by atoms with Crippen molar-refractivity contribution < 1.29 is 14.7 Å². The Morgan fingerprint density at radius 1 is 0.976 bits per heavy atom. The summed E-state index contributed by atoms with van der Waals surface area (Å²) in [4.78, 5) is 38.8. The molecule has 1 aromatic heterocycles. The van der Waals surface area contributed by atoms with Gasteiger partial charge in [-0.1, -0.05) is 71.7 Å². The normalized spacial score (nSPS) is 14.6. The third-order valence-electron chi connectivity index (χ3n) is 7.64. The summed E-state index contributed by atoms with van der Waals surface area (Å²) in [7, 11) is 0. The highest BCUT2D eigenvalue weighted by atomic mass is 35.5. The van der Waals surface area contributed by atoms with Crippen molar-refractivity contribution in [2.24, 2.45) is 0 Å². The summed E-state index contributed by atoms with van der Waals surface area (Å²) in [6.07, 6.45) is 4.69. The van der Waals surface area contributed by atoms with Crippen LogP contribution >= 0.6 is 23.2 Å². The van der Waals surface area contributed by atoms with E-state index < -0.39 is 18.4 Å². The van der Waals surface area contributed by atoms with Crippen molar-refractivity contribution in [2.75, 3.05) is 18.0 Å². The molecule has 0 bridgehead atoms. The topological polar surface area (TPSA) is 86.6 Å². The molecule has 1 aliphatic rings. The number of nitrogens with zero attached hydrogens (tertiary/aromatic N) is 4. The maximum atomic E-state index is 13.9. The fourth-order valence-electron chi connectivity index (χ4n) is 5.44. The van der Waals surface area contributed by atoms with E-state index in [4.69, 9.17) is 28.2 Å². The SMILES string of the molecule is Cc1ccccc1CCc1nc(N2CCC[C@H]2c2ccc(Cl)cc2)ncc1C(=O)N(CC(=O)O)Cc1ccc(Cl)cc1. The van der Waals surface area contributed by atoms with Gasteiger partial charge in [-0.25, -0.2) is 9.97 Å². The number of halogens is 2. The van der Waals surface area contributed by atoms with E-state index in [1.807, 2.05) is 36.4 Å². The molecule has 9 heteroatoms. The van der Waals surface area contributed by atoms with Gasteiger partial charge in [0, 0.05) is 29.3 Å². The average Bonchev–Trinajstić information content (AvgIpc) is 3.47. The molecule has 42 heavy (non-hydrogen) atoms. The van der Waals surface area contributed by atoms with Crippen LogP contribution in [0.4, 0.5) is 5.95 Å². The Kier molecular flexibility index (Phi) is 9.40. The zero-order valence-corrected chi connectivity index (χ0v) is 24.9. The summed E-state index contributed by atoms with van der Waals surface area (Å²) >= 11 is 12.2. The fraction of sp³-hybridized carbons (Fsp3) is 0.273. The molecule has 1 aliphatic heterocycles. The largest absolute Gasteiger partial charge is 0.480 e. The van der Waals surface area contributed by atoms with Crippen molar-refractivity contribution in [1.82, 2.24) is 14.9 Å². The molecule has 1 saturated heterocycles. The standard InChI is InChI=1S/C33H32Cl2N4O3/c1-22-5-2-3-6-24(22)12-17-29-28(32(42)38(21-31(40)41)20-23-8-13-26(34)14-9-23)19-36-33(37-29)39-18-4-7-30(39)25-10-15-27(35)16-11-25/h2-3,5-6,8-11,13-16,19,30H,4,7,12,17-18,20-21H2,1H3,(H,40,41)/t30-/m0/s1. The van der Waals surface area contributed by atoms with Crippen molar-refractivity contribution in [3.8, 4) is 0 Å². The van der Waals surface area contributed by atoms with Gasteiger partial charge in [0.15, 0.2) is 0 Å². The van der Waals surface area contributed by atoms with E-state index in [9.17, 15) is 14.7 Å². The predicted molar refractivity (Wildman–Crippen MR) is 165 cm³/mol. The smallest absolute Gasteiger partial charge is 0.323 e. The first kappa shape index (κ1) is 29.5. The molecule has 3 aromatic carbocycles. The summed E-state index contributed by atoms with van der Waals surface area (Å²) in [6, 6.07) is 23.1. The first-order valence-electron chi connectivity index (χ1n) is 14.0. The number of carbonyl (C=O) groups excluding carboxylic acids is 1. The van der Waals surface area contributed by atoms with Gasteiger partial charge in [-0.3, -0.25) is 9.59 Å². The van der Waals surface area contributed by atoms with Crippen molar-refractivity contribution >= 4 is 41.0 Å². The maximum absolute atomic E-state index is 13.9. The third-order valence-corrected chi connectivity index (χ3v) is 8.15. The Balaban J connectivity index is 1.49. The first-order valence-corrected chi connectivity index (χ1v) is 14.7. The van der Waals surface area contributed by atoms with Crippen LogP contribution in [0.2, 0.25) is 10.0 Å². The van der Waals surface area contributed by atoms with Gasteiger partial charge in [-0.15, -0.1) is 0 Å². The molecule has 1 N–H and O–H groups in total. The van der Waals surface area contributed by atoms with Gasteiger partial charge in [0.1, 0.15) is 6.54 Å². The molecule has 0 radical (unpaired) electrons.